The van der Waals surface area contributed by atoms with Crippen LogP contribution in [0.3, 0.4) is 0 Å². The van der Waals surface area contributed by atoms with Gasteiger partial charge in [-0.3, -0.25) is 10.1 Å². The van der Waals surface area contributed by atoms with Gasteiger partial charge in [0.2, 0.25) is 0 Å². The number of nitrogens with zero attached hydrogens (tertiary/aromatic N) is 5. The molecule has 4 aromatic rings. The molecule has 0 aliphatic rings. The van der Waals surface area contributed by atoms with Crippen LogP contribution in [0.5, 0.6) is 0 Å². The number of nitro benzene ring substituents is 1. The molecule has 0 saturated heterocycles. The standard InChI is InChI=1S/C18H11Br2N5O2/c19-17-8-23(10-21-17)13-3-1-12(2-4-13)15-7-14(25(26)27)5-6-16(15)24-9-18(20)22-11-24/h1-11H. The summed E-state index contributed by atoms with van der Waals surface area (Å²) in [5.41, 5.74) is 3.38. The molecule has 0 aliphatic heterocycles. The zero-order valence-corrected chi connectivity index (χ0v) is 16.8. The van der Waals surface area contributed by atoms with E-state index >= 15 is 0 Å². The molecule has 0 aliphatic carbocycles. The lowest BCUT2D eigenvalue weighted by Crippen LogP contribution is -1.97. The van der Waals surface area contributed by atoms with Crippen molar-refractivity contribution in [3.05, 3.63) is 86.8 Å². The van der Waals surface area contributed by atoms with Crippen molar-refractivity contribution in [2.24, 2.45) is 0 Å². The van der Waals surface area contributed by atoms with E-state index in [-0.39, 0.29) is 5.69 Å². The Morgan fingerprint density at radius 3 is 2.07 bits per heavy atom. The maximum absolute atomic E-state index is 11.2. The molecule has 134 valence electrons. The molecule has 27 heavy (non-hydrogen) atoms. The summed E-state index contributed by atoms with van der Waals surface area (Å²) >= 11 is 6.66. The molecular weight excluding hydrogens is 478 g/mol. The van der Waals surface area contributed by atoms with E-state index in [1.807, 2.05) is 45.8 Å². The Hall–Kier alpha value is -2.78. The van der Waals surface area contributed by atoms with Crippen molar-refractivity contribution in [1.82, 2.24) is 19.1 Å². The van der Waals surface area contributed by atoms with E-state index < -0.39 is 4.92 Å². The highest BCUT2D eigenvalue weighted by atomic mass is 79.9. The van der Waals surface area contributed by atoms with Gasteiger partial charge in [-0.25, -0.2) is 9.97 Å². The third kappa shape index (κ3) is 3.56. The van der Waals surface area contributed by atoms with E-state index in [1.165, 1.54) is 6.07 Å². The van der Waals surface area contributed by atoms with Crippen molar-refractivity contribution in [1.29, 1.82) is 0 Å². The number of nitro groups is 1. The van der Waals surface area contributed by atoms with Crippen molar-refractivity contribution >= 4 is 37.5 Å². The van der Waals surface area contributed by atoms with Gasteiger partial charge < -0.3 is 9.13 Å². The van der Waals surface area contributed by atoms with Crippen molar-refractivity contribution in [3.8, 4) is 22.5 Å². The van der Waals surface area contributed by atoms with Gasteiger partial charge in [0.1, 0.15) is 21.9 Å². The molecule has 2 aromatic carbocycles. The smallest absolute Gasteiger partial charge is 0.270 e. The molecule has 0 radical (unpaired) electrons. The maximum Gasteiger partial charge on any atom is 0.270 e. The van der Waals surface area contributed by atoms with E-state index in [2.05, 4.69) is 41.8 Å². The first-order chi connectivity index (χ1) is 13.0. The topological polar surface area (TPSA) is 78.8 Å². The Kier molecular flexibility index (Phi) is 4.63. The summed E-state index contributed by atoms with van der Waals surface area (Å²) in [7, 11) is 0. The fourth-order valence-electron chi connectivity index (χ4n) is 2.78. The molecule has 9 heteroatoms. The van der Waals surface area contributed by atoms with Crippen LogP contribution in [0.1, 0.15) is 0 Å². The molecule has 4 rings (SSSR count). The molecule has 2 heterocycles. The van der Waals surface area contributed by atoms with Gasteiger partial charge in [-0.05, 0) is 55.6 Å². The summed E-state index contributed by atoms with van der Waals surface area (Å²) in [4.78, 5) is 19.2. The van der Waals surface area contributed by atoms with E-state index in [0.717, 1.165) is 27.1 Å². The number of halogens is 2. The molecule has 0 N–H and O–H groups in total. The van der Waals surface area contributed by atoms with Crippen LogP contribution in [0.15, 0.2) is 76.7 Å². The summed E-state index contributed by atoms with van der Waals surface area (Å²) in [6.45, 7) is 0. The van der Waals surface area contributed by atoms with E-state index in [9.17, 15) is 10.1 Å². The fraction of sp³-hybridized carbons (Fsp3) is 0. The van der Waals surface area contributed by atoms with Crippen LogP contribution in [0.2, 0.25) is 0 Å². The second-order valence-corrected chi connectivity index (χ2v) is 7.34. The molecule has 0 unspecified atom stereocenters. The monoisotopic (exact) mass is 487 g/mol. The largest absolute Gasteiger partial charge is 0.305 e. The lowest BCUT2D eigenvalue weighted by atomic mass is 10.0. The SMILES string of the molecule is O=[N+]([O-])c1ccc(-n2cnc(Br)c2)c(-c2ccc(-n3cnc(Br)c3)cc2)c1. The van der Waals surface area contributed by atoms with Gasteiger partial charge in [0.15, 0.2) is 0 Å². The summed E-state index contributed by atoms with van der Waals surface area (Å²) in [6.07, 6.45) is 7.03. The van der Waals surface area contributed by atoms with Gasteiger partial charge in [-0.15, -0.1) is 0 Å². The van der Waals surface area contributed by atoms with Crippen molar-refractivity contribution < 1.29 is 4.92 Å². The Balaban J connectivity index is 1.81. The van der Waals surface area contributed by atoms with Gasteiger partial charge >= 0.3 is 0 Å². The average Bonchev–Trinajstić information content (AvgIpc) is 3.30. The Morgan fingerprint density at radius 1 is 0.889 bits per heavy atom. The normalized spacial score (nSPS) is 10.9. The third-order valence-electron chi connectivity index (χ3n) is 4.05. The fourth-order valence-corrected chi connectivity index (χ4v) is 3.40. The van der Waals surface area contributed by atoms with Crippen molar-refractivity contribution in [3.63, 3.8) is 0 Å². The van der Waals surface area contributed by atoms with Crippen LogP contribution in [0.25, 0.3) is 22.5 Å². The predicted molar refractivity (Wildman–Crippen MR) is 108 cm³/mol. The van der Waals surface area contributed by atoms with E-state index in [4.69, 9.17) is 0 Å². The van der Waals surface area contributed by atoms with Crippen molar-refractivity contribution in [2.75, 3.05) is 0 Å². The van der Waals surface area contributed by atoms with Crippen LogP contribution < -0.4 is 0 Å². The molecule has 7 nitrogen and oxygen atoms in total. The number of hydrogen-bond acceptors (Lipinski definition) is 4. The minimum Gasteiger partial charge on any atom is -0.305 e. The summed E-state index contributed by atoms with van der Waals surface area (Å²) < 4.78 is 5.14. The van der Waals surface area contributed by atoms with Crippen LogP contribution in [0.4, 0.5) is 5.69 Å². The van der Waals surface area contributed by atoms with Crippen molar-refractivity contribution in [2.45, 2.75) is 0 Å². The highest BCUT2D eigenvalue weighted by Gasteiger charge is 2.14. The summed E-state index contributed by atoms with van der Waals surface area (Å²) in [5, 5.41) is 11.2. The minimum atomic E-state index is -0.394. The Bertz CT molecular complexity index is 1130. The highest BCUT2D eigenvalue weighted by Crippen LogP contribution is 2.31. The Labute approximate surface area is 170 Å². The lowest BCUT2D eigenvalue weighted by Gasteiger charge is -2.11. The number of imidazole rings is 2. The molecule has 0 amide bonds. The molecule has 0 bridgehead atoms. The summed E-state index contributed by atoms with van der Waals surface area (Å²) in [5.74, 6) is 0. The maximum atomic E-state index is 11.2. The molecule has 0 atom stereocenters. The third-order valence-corrected chi connectivity index (χ3v) is 4.87. The summed E-state index contributed by atoms with van der Waals surface area (Å²) in [6, 6.07) is 12.5. The van der Waals surface area contributed by atoms with Crippen LogP contribution in [-0.2, 0) is 0 Å². The van der Waals surface area contributed by atoms with E-state index in [0.29, 0.717) is 4.60 Å². The van der Waals surface area contributed by atoms with E-state index in [1.54, 1.807) is 24.8 Å². The van der Waals surface area contributed by atoms with Crippen LogP contribution in [0, 0.1) is 10.1 Å². The molecule has 0 fully saturated rings. The van der Waals surface area contributed by atoms with Crippen LogP contribution >= 0.6 is 31.9 Å². The van der Waals surface area contributed by atoms with Gasteiger partial charge in [0.25, 0.3) is 5.69 Å². The van der Waals surface area contributed by atoms with Gasteiger partial charge in [-0.2, -0.15) is 0 Å². The van der Waals surface area contributed by atoms with Crippen LogP contribution in [-0.4, -0.2) is 24.0 Å². The first kappa shape index (κ1) is 17.6. The quantitative estimate of drug-likeness (QED) is 0.293. The zero-order chi connectivity index (χ0) is 19.0. The minimum absolute atomic E-state index is 0.0375. The number of hydrogen-bond donors (Lipinski definition) is 0. The Morgan fingerprint density at radius 2 is 1.52 bits per heavy atom. The zero-order valence-electron chi connectivity index (χ0n) is 13.7. The first-order valence-electron chi connectivity index (χ1n) is 7.80. The molecule has 0 saturated carbocycles. The average molecular weight is 489 g/mol. The number of benzene rings is 2. The van der Waals surface area contributed by atoms with Gasteiger partial charge in [0.05, 0.1) is 10.6 Å². The number of non-ortho nitro benzene ring substituents is 1. The molecular formula is C18H11Br2N5O2. The molecule has 0 spiro atoms. The second-order valence-electron chi connectivity index (χ2n) is 5.71. The number of aromatic nitrogens is 4. The highest BCUT2D eigenvalue weighted by molar-refractivity contribution is 9.10. The first-order valence-corrected chi connectivity index (χ1v) is 9.38. The second kappa shape index (κ2) is 7.09. The number of rotatable bonds is 4. The van der Waals surface area contributed by atoms with Gasteiger partial charge in [-0.1, -0.05) is 12.1 Å². The lowest BCUT2D eigenvalue weighted by molar-refractivity contribution is -0.384. The predicted octanol–water partition coefficient (Wildman–Crippen LogP) is 5.16. The molecule has 2 aromatic heterocycles. The van der Waals surface area contributed by atoms with Gasteiger partial charge in [0, 0.05) is 35.8 Å².